The van der Waals surface area contributed by atoms with Crippen molar-refractivity contribution < 1.29 is 24.2 Å². The highest BCUT2D eigenvalue weighted by molar-refractivity contribution is 5.80. The van der Waals surface area contributed by atoms with E-state index in [0.29, 0.717) is 19.3 Å². The van der Waals surface area contributed by atoms with E-state index in [-0.39, 0.29) is 24.5 Å². The molecular weight excluding hydrogens is 562 g/mol. The number of rotatable bonds is 33. The fraction of sp³-hybridized carbons (Fsp3) is 0.769. The Balaban J connectivity index is 3.86. The molecule has 0 aromatic rings. The summed E-state index contributed by atoms with van der Waals surface area (Å²) >= 11 is 0. The average molecular weight is 632 g/mol. The quantitative estimate of drug-likeness (QED) is 0.0427. The topological polar surface area (TPSA) is 92.7 Å². The number of hydrogen-bond acceptors (Lipinski definition) is 4. The zero-order valence-corrected chi connectivity index (χ0v) is 29.2. The van der Waals surface area contributed by atoms with Gasteiger partial charge in [-0.1, -0.05) is 127 Å². The summed E-state index contributed by atoms with van der Waals surface area (Å²) in [5, 5.41) is 11.0. The first-order chi connectivity index (χ1) is 22.0. The van der Waals surface area contributed by atoms with E-state index in [4.69, 9.17) is 9.84 Å². The van der Waals surface area contributed by atoms with Gasteiger partial charge in [-0.2, -0.15) is 0 Å². The van der Waals surface area contributed by atoms with Gasteiger partial charge in [0.1, 0.15) is 12.6 Å². The number of aliphatic carboxylic acids is 1. The number of unbranched alkanes of at least 4 members (excludes halogenated alkanes) is 16. The normalized spacial score (nSPS) is 12.4. The molecule has 0 radical (unpaired) electrons. The van der Waals surface area contributed by atoms with Gasteiger partial charge in [0.05, 0.1) is 0 Å². The van der Waals surface area contributed by atoms with Crippen LogP contribution in [0.25, 0.3) is 0 Å². The van der Waals surface area contributed by atoms with Gasteiger partial charge in [-0.15, -0.1) is 0 Å². The molecule has 260 valence electrons. The molecule has 0 saturated heterocycles. The third kappa shape index (κ3) is 34.3. The average Bonchev–Trinajstić information content (AvgIpc) is 3.02. The van der Waals surface area contributed by atoms with Gasteiger partial charge in [0, 0.05) is 12.8 Å². The van der Waals surface area contributed by atoms with Gasteiger partial charge < -0.3 is 15.2 Å². The molecule has 0 aromatic carbocycles. The highest BCUT2D eigenvalue weighted by atomic mass is 16.5. The second-order valence-corrected chi connectivity index (χ2v) is 12.5. The van der Waals surface area contributed by atoms with Crippen molar-refractivity contribution in [2.24, 2.45) is 0 Å². The SMILES string of the molecule is CCCCCCC/C=C\C/C=C\C/C=C\CCCCCCCCC(=O)OC(CCCCCC)CCCCCC(=O)NCC(=O)O. The van der Waals surface area contributed by atoms with Crippen LogP contribution in [-0.2, 0) is 19.1 Å². The molecular formula is C39H69NO5. The minimum absolute atomic E-state index is 0.0366. The summed E-state index contributed by atoms with van der Waals surface area (Å²) in [5.74, 6) is -1.33. The number of nitrogens with one attached hydrogen (secondary N) is 1. The van der Waals surface area contributed by atoms with E-state index in [1.807, 2.05) is 0 Å². The van der Waals surface area contributed by atoms with Gasteiger partial charge >= 0.3 is 11.9 Å². The van der Waals surface area contributed by atoms with Gasteiger partial charge in [-0.25, -0.2) is 0 Å². The Kier molecular flexibility index (Phi) is 32.7. The van der Waals surface area contributed by atoms with E-state index in [2.05, 4.69) is 55.6 Å². The zero-order valence-electron chi connectivity index (χ0n) is 29.2. The smallest absolute Gasteiger partial charge is 0.322 e. The molecule has 1 atom stereocenters. The summed E-state index contributed by atoms with van der Waals surface area (Å²) in [5.41, 5.74) is 0. The Hall–Kier alpha value is -2.37. The Bertz CT molecular complexity index is 788. The molecule has 0 aliphatic carbocycles. The number of carboxylic acids is 1. The molecule has 0 rings (SSSR count). The first-order valence-corrected chi connectivity index (χ1v) is 18.6. The minimum Gasteiger partial charge on any atom is -0.480 e. The van der Waals surface area contributed by atoms with Crippen LogP contribution in [-0.4, -0.2) is 35.6 Å². The molecule has 0 heterocycles. The maximum absolute atomic E-state index is 12.5. The molecule has 0 spiro atoms. The number of hydrogen-bond donors (Lipinski definition) is 2. The second kappa shape index (κ2) is 34.5. The molecule has 45 heavy (non-hydrogen) atoms. The maximum Gasteiger partial charge on any atom is 0.322 e. The molecule has 0 aliphatic rings. The molecule has 0 bridgehead atoms. The first kappa shape index (κ1) is 42.6. The van der Waals surface area contributed by atoms with Crippen LogP contribution in [0.15, 0.2) is 36.5 Å². The van der Waals surface area contributed by atoms with Gasteiger partial charge in [-0.05, 0) is 77.0 Å². The maximum atomic E-state index is 12.5. The van der Waals surface area contributed by atoms with Gasteiger partial charge in [0.25, 0.3) is 0 Å². The van der Waals surface area contributed by atoms with Crippen molar-refractivity contribution >= 4 is 17.8 Å². The van der Waals surface area contributed by atoms with Crippen molar-refractivity contribution in [3.63, 3.8) is 0 Å². The Morgan fingerprint density at radius 1 is 0.578 bits per heavy atom. The van der Waals surface area contributed by atoms with E-state index >= 15 is 0 Å². The summed E-state index contributed by atoms with van der Waals surface area (Å²) in [6, 6.07) is 0. The fourth-order valence-electron chi connectivity index (χ4n) is 5.28. The van der Waals surface area contributed by atoms with Crippen molar-refractivity contribution in [1.82, 2.24) is 5.32 Å². The van der Waals surface area contributed by atoms with Crippen LogP contribution in [0.5, 0.6) is 0 Å². The molecule has 1 amide bonds. The fourth-order valence-corrected chi connectivity index (χ4v) is 5.28. The predicted octanol–water partition coefficient (Wildman–Crippen LogP) is 10.9. The van der Waals surface area contributed by atoms with E-state index in [0.717, 1.165) is 64.2 Å². The van der Waals surface area contributed by atoms with Crippen molar-refractivity contribution in [1.29, 1.82) is 0 Å². The molecule has 0 aliphatic heterocycles. The summed E-state index contributed by atoms with van der Waals surface area (Å²) in [6.45, 7) is 4.12. The number of amides is 1. The Morgan fingerprint density at radius 3 is 1.58 bits per heavy atom. The number of esters is 1. The van der Waals surface area contributed by atoms with Crippen LogP contribution >= 0.6 is 0 Å². The summed E-state index contributed by atoms with van der Waals surface area (Å²) in [4.78, 5) is 34.7. The number of allylic oxidation sites excluding steroid dienone is 6. The second-order valence-electron chi connectivity index (χ2n) is 12.5. The summed E-state index contributed by atoms with van der Waals surface area (Å²) in [6.07, 6.45) is 41.4. The number of carbonyl (C=O) groups excluding carboxylic acids is 2. The highest BCUT2D eigenvalue weighted by Crippen LogP contribution is 2.17. The first-order valence-electron chi connectivity index (χ1n) is 18.6. The lowest BCUT2D eigenvalue weighted by Gasteiger charge is -2.18. The van der Waals surface area contributed by atoms with Gasteiger partial charge in [0.15, 0.2) is 0 Å². The van der Waals surface area contributed by atoms with Crippen LogP contribution in [0.4, 0.5) is 0 Å². The number of ether oxygens (including phenoxy) is 1. The minimum atomic E-state index is -1.03. The standard InChI is InChI=1S/C39H69NO5/c1-3-5-7-9-10-11-12-13-14-15-16-17-18-19-20-21-22-23-24-25-30-34-39(44)45-36(31-27-8-6-4-2)32-28-26-29-33-37(41)40-35-38(42)43/h12-13,15-16,18-19,36H,3-11,14,17,20-35H2,1-2H3,(H,40,41)(H,42,43)/b13-12-,16-15-,19-18-. The lowest BCUT2D eigenvalue weighted by atomic mass is 10.0. The van der Waals surface area contributed by atoms with E-state index in [1.165, 1.54) is 83.5 Å². The third-order valence-electron chi connectivity index (χ3n) is 8.06. The molecule has 2 N–H and O–H groups in total. The number of carboxylic acid groups (broad SMARTS) is 1. The van der Waals surface area contributed by atoms with Gasteiger partial charge in [0.2, 0.25) is 5.91 Å². The molecule has 6 nitrogen and oxygen atoms in total. The van der Waals surface area contributed by atoms with Gasteiger partial charge in [-0.3, -0.25) is 14.4 Å². The van der Waals surface area contributed by atoms with Crippen molar-refractivity contribution in [3.05, 3.63) is 36.5 Å². The van der Waals surface area contributed by atoms with Crippen LogP contribution in [0, 0.1) is 0 Å². The summed E-state index contributed by atoms with van der Waals surface area (Å²) < 4.78 is 5.87. The zero-order chi connectivity index (χ0) is 33.1. The highest BCUT2D eigenvalue weighted by Gasteiger charge is 2.14. The molecule has 0 aromatic heterocycles. The lowest BCUT2D eigenvalue weighted by molar-refractivity contribution is -0.150. The van der Waals surface area contributed by atoms with E-state index in [9.17, 15) is 14.4 Å². The lowest BCUT2D eigenvalue weighted by Crippen LogP contribution is -2.28. The molecule has 1 unspecified atom stereocenters. The number of carbonyl (C=O) groups is 3. The molecule has 0 saturated carbocycles. The Morgan fingerprint density at radius 2 is 1.02 bits per heavy atom. The van der Waals surface area contributed by atoms with Crippen molar-refractivity contribution in [3.8, 4) is 0 Å². The van der Waals surface area contributed by atoms with E-state index in [1.54, 1.807) is 0 Å². The monoisotopic (exact) mass is 632 g/mol. The Labute approximate surface area is 276 Å². The van der Waals surface area contributed by atoms with Crippen molar-refractivity contribution in [2.75, 3.05) is 6.54 Å². The van der Waals surface area contributed by atoms with Crippen LogP contribution in [0.1, 0.15) is 181 Å². The van der Waals surface area contributed by atoms with Crippen LogP contribution in [0.3, 0.4) is 0 Å². The largest absolute Gasteiger partial charge is 0.480 e. The predicted molar refractivity (Wildman–Crippen MR) is 189 cm³/mol. The van der Waals surface area contributed by atoms with Crippen LogP contribution in [0.2, 0.25) is 0 Å². The van der Waals surface area contributed by atoms with E-state index < -0.39 is 5.97 Å². The molecule has 6 heteroatoms. The van der Waals surface area contributed by atoms with Crippen LogP contribution < -0.4 is 5.32 Å². The summed E-state index contributed by atoms with van der Waals surface area (Å²) in [7, 11) is 0. The molecule has 0 fully saturated rings. The van der Waals surface area contributed by atoms with Crippen molar-refractivity contribution in [2.45, 2.75) is 187 Å². The third-order valence-corrected chi connectivity index (χ3v) is 8.06.